The molecule has 4 rings (SSSR count). The molecule has 2 amide bonds. The van der Waals surface area contributed by atoms with Crippen LogP contribution in [0.1, 0.15) is 29.0 Å². The number of hydrogen-bond donors (Lipinski definition) is 1. The summed E-state index contributed by atoms with van der Waals surface area (Å²) in [6, 6.07) is 13.0. The molecule has 7 nitrogen and oxygen atoms in total. The van der Waals surface area contributed by atoms with E-state index in [2.05, 4.69) is 15.5 Å². The molecule has 28 heavy (non-hydrogen) atoms. The van der Waals surface area contributed by atoms with Crippen LogP contribution >= 0.6 is 11.8 Å². The van der Waals surface area contributed by atoms with Gasteiger partial charge in [0.2, 0.25) is 5.91 Å². The van der Waals surface area contributed by atoms with Gasteiger partial charge in [-0.25, -0.2) is 0 Å². The highest BCUT2D eigenvalue weighted by atomic mass is 32.2. The Morgan fingerprint density at radius 2 is 1.82 bits per heavy atom. The smallest absolute Gasteiger partial charge is 0.252 e. The van der Waals surface area contributed by atoms with Crippen LogP contribution in [-0.4, -0.2) is 50.2 Å². The van der Waals surface area contributed by atoms with Gasteiger partial charge in [0.25, 0.3) is 5.91 Å². The fourth-order valence-electron chi connectivity index (χ4n) is 3.24. The molecular weight excluding hydrogens is 374 g/mol. The lowest BCUT2D eigenvalue weighted by molar-refractivity contribution is -0.127. The predicted octanol–water partition coefficient (Wildman–Crippen LogP) is 2.37. The third-order valence-corrected chi connectivity index (χ3v) is 5.79. The molecule has 3 heterocycles. The molecule has 0 saturated carbocycles. The van der Waals surface area contributed by atoms with E-state index in [1.54, 1.807) is 6.07 Å². The summed E-state index contributed by atoms with van der Waals surface area (Å²) in [6.07, 6.45) is 4.02. The van der Waals surface area contributed by atoms with Gasteiger partial charge in [0.15, 0.2) is 11.5 Å². The third-order valence-electron chi connectivity index (χ3n) is 4.73. The van der Waals surface area contributed by atoms with Crippen LogP contribution in [0.4, 0.5) is 0 Å². The Labute approximate surface area is 167 Å². The van der Waals surface area contributed by atoms with E-state index >= 15 is 0 Å². The second-order valence-electron chi connectivity index (χ2n) is 6.60. The van der Waals surface area contributed by atoms with E-state index in [0.717, 1.165) is 36.5 Å². The molecule has 1 fully saturated rings. The summed E-state index contributed by atoms with van der Waals surface area (Å²) >= 11 is 1.41. The molecule has 1 aliphatic heterocycles. The van der Waals surface area contributed by atoms with Crippen molar-refractivity contribution in [3.63, 3.8) is 0 Å². The van der Waals surface area contributed by atoms with Crippen LogP contribution in [0.15, 0.2) is 53.6 Å². The highest BCUT2D eigenvalue weighted by Gasteiger charge is 2.19. The number of benzene rings is 1. The predicted molar refractivity (Wildman–Crippen MR) is 107 cm³/mol. The maximum atomic E-state index is 12.7. The minimum Gasteiger partial charge on any atom is -0.345 e. The summed E-state index contributed by atoms with van der Waals surface area (Å²) < 4.78 is 1.84. The number of carbonyl (C=O) groups is 2. The van der Waals surface area contributed by atoms with E-state index in [1.165, 1.54) is 11.8 Å². The number of fused-ring (bicyclic) bond motifs is 1. The number of pyridine rings is 1. The van der Waals surface area contributed by atoms with Crippen LogP contribution in [0.5, 0.6) is 0 Å². The Balaban J connectivity index is 1.40. The van der Waals surface area contributed by atoms with Crippen molar-refractivity contribution in [2.24, 2.45) is 0 Å². The molecule has 0 radical (unpaired) electrons. The summed E-state index contributed by atoms with van der Waals surface area (Å²) in [5.74, 6) is 0.953. The monoisotopic (exact) mass is 395 g/mol. The van der Waals surface area contributed by atoms with Crippen LogP contribution in [0.25, 0.3) is 5.65 Å². The highest BCUT2D eigenvalue weighted by Crippen LogP contribution is 2.24. The average Bonchev–Trinajstić information content (AvgIpc) is 3.41. The van der Waals surface area contributed by atoms with Crippen LogP contribution in [0.2, 0.25) is 0 Å². The van der Waals surface area contributed by atoms with Gasteiger partial charge in [-0.15, -0.1) is 22.0 Å². The minimum absolute atomic E-state index is 0.132. The Kier molecular flexibility index (Phi) is 5.57. The van der Waals surface area contributed by atoms with Gasteiger partial charge in [0.1, 0.15) is 0 Å². The van der Waals surface area contributed by atoms with Gasteiger partial charge >= 0.3 is 0 Å². The Hall–Kier alpha value is -2.87. The number of thioether (sulfide) groups is 1. The number of likely N-dealkylation sites (tertiary alicyclic amines) is 1. The van der Waals surface area contributed by atoms with Gasteiger partial charge in [-0.1, -0.05) is 18.2 Å². The molecule has 0 unspecified atom stereocenters. The van der Waals surface area contributed by atoms with E-state index in [0.29, 0.717) is 17.1 Å². The Morgan fingerprint density at radius 1 is 1.04 bits per heavy atom. The standard InChI is InChI=1S/C20H21N5O2S/c26-19(24-10-5-6-11-24)14-28-16-8-2-1-7-15(16)20(27)21-13-18-23-22-17-9-3-4-12-25(17)18/h1-4,7-9,12H,5-6,10-11,13-14H2,(H,21,27). The van der Waals surface area contributed by atoms with Gasteiger partial charge in [0.05, 0.1) is 17.9 Å². The maximum absolute atomic E-state index is 12.7. The Bertz CT molecular complexity index is 997. The number of nitrogens with zero attached hydrogens (tertiary/aromatic N) is 4. The van der Waals surface area contributed by atoms with E-state index < -0.39 is 0 Å². The van der Waals surface area contributed by atoms with Gasteiger partial charge < -0.3 is 10.2 Å². The van der Waals surface area contributed by atoms with Crippen molar-refractivity contribution in [2.45, 2.75) is 24.3 Å². The van der Waals surface area contributed by atoms with Crippen LogP contribution in [0, 0.1) is 0 Å². The molecular formula is C20H21N5O2S. The van der Waals surface area contributed by atoms with Crippen molar-refractivity contribution in [3.8, 4) is 0 Å². The number of rotatable bonds is 6. The van der Waals surface area contributed by atoms with E-state index in [9.17, 15) is 9.59 Å². The van der Waals surface area contributed by atoms with Crippen molar-refractivity contribution in [1.82, 2.24) is 24.8 Å². The zero-order chi connectivity index (χ0) is 19.3. The first kappa shape index (κ1) is 18.5. The molecule has 8 heteroatoms. The van der Waals surface area contributed by atoms with Gasteiger partial charge in [-0.3, -0.25) is 14.0 Å². The van der Waals surface area contributed by atoms with Crippen molar-refractivity contribution >= 4 is 29.2 Å². The molecule has 1 saturated heterocycles. The topological polar surface area (TPSA) is 79.6 Å². The zero-order valence-corrected chi connectivity index (χ0v) is 16.2. The number of nitrogens with one attached hydrogen (secondary N) is 1. The van der Waals surface area contributed by atoms with Crippen molar-refractivity contribution in [3.05, 3.63) is 60.0 Å². The maximum Gasteiger partial charge on any atom is 0.252 e. The first-order valence-electron chi connectivity index (χ1n) is 9.29. The van der Waals surface area contributed by atoms with Crippen LogP contribution < -0.4 is 5.32 Å². The van der Waals surface area contributed by atoms with E-state index in [-0.39, 0.29) is 18.4 Å². The molecule has 1 aromatic carbocycles. The van der Waals surface area contributed by atoms with E-state index in [4.69, 9.17) is 0 Å². The zero-order valence-electron chi connectivity index (χ0n) is 15.4. The van der Waals surface area contributed by atoms with E-state index in [1.807, 2.05) is 51.9 Å². The Morgan fingerprint density at radius 3 is 2.68 bits per heavy atom. The fraction of sp³-hybridized carbons (Fsp3) is 0.300. The van der Waals surface area contributed by atoms with Crippen molar-refractivity contribution < 1.29 is 9.59 Å². The number of amides is 2. The SMILES string of the molecule is O=C(NCc1nnc2ccccn12)c1ccccc1SCC(=O)N1CCCC1. The second-order valence-corrected chi connectivity index (χ2v) is 7.62. The summed E-state index contributed by atoms with van der Waals surface area (Å²) in [7, 11) is 0. The molecule has 1 N–H and O–H groups in total. The second kappa shape index (κ2) is 8.43. The van der Waals surface area contributed by atoms with Gasteiger partial charge in [0, 0.05) is 24.2 Å². The molecule has 0 bridgehead atoms. The van der Waals surface area contributed by atoms with Gasteiger partial charge in [-0.2, -0.15) is 0 Å². The molecule has 0 aliphatic carbocycles. The number of aromatic nitrogens is 3. The summed E-state index contributed by atoms with van der Waals surface area (Å²) in [5, 5.41) is 11.1. The quantitative estimate of drug-likeness (QED) is 0.648. The number of hydrogen-bond acceptors (Lipinski definition) is 5. The normalized spacial score (nSPS) is 13.8. The summed E-state index contributed by atoms with van der Waals surface area (Å²) in [6.45, 7) is 1.96. The first-order valence-corrected chi connectivity index (χ1v) is 10.3. The highest BCUT2D eigenvalue weighted by molar-refractivity contribution is 8.00. The fourth-order valence-corrected chi connectivity index (χ4v) is 4.20. The summed E-state index contributed by atoms with van der Waals surface area (Å²) in [4.78, 5) is 27.7. The molecule has 0 spiro atoms. The average molecular weight is 395 g/mol. The van der Waals surface area contributed by atoms with Crippen molar-refractivity contribution in [2.75, 3.05) is 18.8 Å². The lowest BCUT2D eigenvalue weighted by Crippen LogP contribution is -2.29. The molecule has 1 aliphatic rings. The van der Waals surface area contributed by atoms with Crippen LogP contribution in [-0.2, 0) is 11.3 Å². The first-order chi connectivity index (χ1) is 13.7. The van der Waals surface area contributed by atoms with Crippen LogP contribution in [0.3, 0.4) is 0 Å². The third kappa shape index (κ3) is 4.01. The minimum atomic E-state index is -0.190. The largest absolute Gasteiger partial charge is 0.345 e. The molecule has 0 atom stereocenters. The lowest BCUT2D eigenvalue weighted by atomic mass is 10.2. The molecule has 2 aromatic heterocycles. The number of carbonyl (C=O) groups excluding carboxylic acids is 2. The van der Waals surface area contributed by atoms with Gasteiger partial charge in [-0.05, 0) is 37.1 Å². The van der Waals surface area contributed by atoms with Crippen molar-refractivity contribution in [1.29, 1.82) is 0 Å². The summed E-state index contributed by atoms with van der Waals surface area (Å²) in [5.41, 5.74) is 1.30. The lowest BCUT2D eigenvalue weighted by Gasteiger charge is -2.15. The molecule has 3 aromatic rings. The molecule has 144 valence electrons.